The summed E-state index contributed by atoms with van der Waals surface area (Å²) in [6, 6.07) is 5.17. The second-order valence-corrected chi connectivity index (χ2v) is 4.78. The van der Waals surface area contributed by atoms with Crippen LogP contribution in [-0.2, 0) is 9.47 Å². The highest BCUT2D eigenvalue weighted by atomic mass is 16.7. The number of aliphatic hydroxyl groups excluding tert-OH is 3. The molecule has 1 fully saturated rings. The monoisotopic (exact) mass is 315 g/mol. The van der Waals surface area contributed by atoms with E-state index in [2.05, 4.69) is 0 Å². The molecule has 0 radical (unpaired) electrons. The highest BCUT2D eigenvalue weighted by Gasteiger charge is 2.45. The van der Waals surface area contributed by atoms with E-state index >= 15 is 0 Å². The van der Waals surface area contributed by atoms with Crippen molar-refractivity contribution in [3.8, 4) is 5.75 Å². The lowest BCUT2D eigenvalue weighted by molar-refractivity contribution is -0.384. The van der Waals surface area contributed by atoms with Gasteiger partial charge in [0.2, 0.25) is 6.29 Å². The summed E-state index contributed by atoms with van der Waals surface area (Å²) in [5.41, 5.74) is -0.106. The fraction of sp³-hybridized carbons (Fsp3) is 0.538. The fourth-order valence-corrected chi connectivity index (χ4v) is 2.22. The van der Waals surface area contributed by atoms with Crippen LogP contribution < -0.4 is 4.74 Å². The zero-order valence-corrected chi connectivity index (χ0v) is 11.7. The van der Waals surface area contributed by atoms with Gasteiger partial charge in [0, 0.05) is 19.2 Å². The molecule has 0 aromatic heterocycles. The van der Waals surface area contributed by atoms with Crippen LogP contribution in [0.1, 0.15) is 0 Å². The third-order valence-electron chi connectivity index (χ3n) is 3.39. The van der Waals surface area contributed by atoms with Crippen LogP contribution in [0, 0.1) is 10.1 Å². The molecular weight excluding hydrogens is 298 g/mol. The first kappa shape index (κ1) is 16.6. The van der Waals surface area contributed by atoms with Crippen molar-refractivity contribution in [3.05, 3.63) is 34.4 Å². The molecule has 1 heterocycles. The lowest BCUT2D eigenvalue weighted by atomic mass is 9.99. The first-order valence-corrected chi connectivity index (χ1v) is 6.54. The number of benzene rings is 1. The predicted octanol–water partition coefficient (Wildman–Crippen LogP) is -0.572. The largest absolute Gasteiger partial charge is 0.462 e. The Hall–Kier alpha value is -1.78. The minimum Gasteiger partial charge on any atom is -0.462 e. The minimum atomic E-state index is -1.40. The highest BCUT2D eigenvalue weighted by Crippen LogP contribution is 2.26. The summed E-state index contributed by atoms with van der Waals surface area (Å²) in [7, 11) is 1.32. The zero-order chi connectivity index (χ0) is 16.3. The summed E-state index contributed by atoms with van der Waals surface area (Å²) in [6.07, 6.45) is -5.70. The molecule has 0 amide bonds. The van der Waals surface area contributed by atoms with E-state index < -0.39 is 42.2 Å². The molecule has 9 nitrogen and oxygen atoms in total. The highest BCUT2D eigenvalue weighted by molar-refractivity contribution is 5.36. The Bertz CT molecular complexity index is 505. The molecule has 9 heteroatoms. The van der Waals surface area contributed by atoms with Gasteiger partial charge in [0.15, 0.2) is 0 Å². The Morgan fingerprint density at radius 3 is 2.41 bits per heavy atom. The van der Waals surface area contributed by atoms with Crippen LogP contribution >= 0.6 is 0 Å². The molecule has 1 aromatic rings. The number of nitrogens with zero attached hydrogens (tertiary/aromatic N) is 1. The quantitative estimate of drug-likeness (QED) is 0.486. The molecule has 3 N–H and O–H groups in total. The Morgan fingerprint density at radius 2 is 1.91 bits per heavy atom. The third-order valence-corrected chi connectivity index (χ3v) is 3.39. The van der Waals surface area contributed by atoms with Gasteiger partial charge in [-0.2, -0.15) is 0 Å². The number of ether oxygens (including phenoxy) is 3. The lowest BCUT2D eigenvalue weighted by Gasteiger charge is -2.41. The summed E-state index contributed by atoms with van der Waals surface area (Å²) in [5, 5.41) is 39.8. The van der Waals surface area contributed by atoms with Crippen molar-refractivity contribution in [2.75, 3.05) is 13.7 Å². The van der Waals surface area contributed by atoms with E-state index in [-0.39, 0.29) is 11.4 Å². The number of hydrogen-bond donors (Lipinski definition) is 3. The van der Waals surface area contributed by atoms with Crippen LogP contribution in [0.5, 0.6) is 5.75 Å². The summed E-state index contributed by atoms with van der Waals surface area (Å²) in [5.74, 6) is 0.217. The Morgan fingerprint density at radius 1 is 1.27 bits per heavy atom. The van der Waals surface area contributed by atoms with E-state index in [4.69, 9.17) is 14.2 Å². The van der Waals surface area contributed by atoms with E-state index in [1.54, 1.807) is 0 Å². The van der Waals surface area contributed by atoms with Crippen LogP contribution in [0.4, 0.5) is 5.69 Å². The first-order chi connectivity index (χ1) is 10.5. The molecule has 2 rings (SSSR count). The molecule has 0 aliphatic carbocycles. The second-order valence-electron chi connectivity index (χ2n) is 4.78. The number of rotatable bonds is 5. The van der Waals surface area contributed by atoms with Gasteiger partial charge in [0.25, 0.3) is 5.69 Å². The molecule has 1 aliphatic heterocycles. The van der Waals surface area contributed by atoms with Gasteiger partial charge in [0.05, 0.1) is 11.5 Å². The van der Waals surface area contributed by atoms with Gasteiger partial charge < -0.3 is 29.5 Å². The van der Waals surface area contributed by atoms with E-state index in [0.29, 0.717) is 0 Å². The maximum absolute atomic E-state index is 10.6. The van der Waals surface area contributed by atoms with Gasteiger partial charge >= 0.3 is 0 Å². The minimum absolute atomic E-state index is 0.106. The molecule has 0 bridgehead atoms. The molecule has 122 valence electrons. The van der Waals surface area contributed by atoms with Crippen molar-refractivity contribution in [1.29, 1.82) is 0 Å². The summed E-state index contributed by atoms with van der Waals surface area (Å²) >= 11 is 0. The van der Waals surface area contributed by atoms with Gasteiger partial charge in [-0.05, 0) is 12.1 Å². The van der Waals surface area contributed by atoms with Crippen molar-refractivity contribution in [1.82, 2.24) is 0 Å². The fourth-order valence-electron chi connectivity index (χ4n) is 2.22. The number of methoxy groups -OCH3 is 1. The SMILES string of the molecule is CO[C@H]1[C@H](O)[C@H](O)[C@@H](Oc2ccc([N+](=O)[O-])cc2)O[C@@H]1CO. The third kappa shape index (κ3) is 3.34. The van der Waals surface area contributed by atoms with Gasteiger partial charge in [-0.1, -0.05) is 0 Å². The number of non-ortho nitro benzene ring substituents is 1. The average molecular weight is 315 g/mol. The molecule has 5 atom stereocenters. The van der Waals surface area contributed by atoms with Gasteiger partial charge in [0.1, 0.15) is 30.2 Å². The maximum Gasteiger partial charge on any atom is 0.269 e. The second kappa shape index (κ2) is 6.99. The van der Waals surface area contributed by atoms with E-state index in [1.165, 1.54) is 31.4 Å². The van der Waals surface area contributed by atoms with Crippen LogP contribution in [-0.4, -0.2) is 64.7 Å². The molecule has 22 heavy (non-hydrogen) atoms. The normalized spacial score (nSPS) is 31.7. The summed E-state index contributed by atoms with van der Waals surface area (Å²) in [6.45, 7) is -0.428. The Labute approximate surface area is 125 Å². The Kier molecular flexibility index (Phi) is 5.27. The standard InChI is InChI=1S/C13H17NO8/c1-20-12-9(6-15)22-13(11(17)10(12)16)21-8-4-2-7(3-5-8)14(18)19/h2-5,9-13,15-17H,6H2,1H3/t9-,10-,11+,12-,13+/m1/s1. The first-order valence-electron chi connectivity index (χ1n) is 6.54. The molecule has 1 aliphatic rings. The topological polar surface area (TPSA) is 132 Å². The molecule has 0 saturated carbocycles. The predicted molar refractivity (Wildman–Crippen MR) is 72.3 cm³/mol. The molecular formula is C13H17NO8. The van der Waals surface area contributed by atoms with E-state index in [9.17, 15) is 25.4 Å². The number of hydrogen-bond acceptors (Lipinski definition) is 8. The van der Waals surface area contributed by atoms with Gasteiger partial charge in [-0.15, -0.1) is 0 Å². The van der Waals surface area contributed by atoms with E-state index in [1.807, 2.05) is 0 Å². The number of nitro groups is 1. The van der Waals surface area contributed by atoms with Crippen LogP contribution in [0.25, 0.3) is 0 Å². The van der Waals surface area contributed by atoms with Gasteiger partial charge in [-0.25, -0.2) is 0 Å². The van der Waals surface area contributed by atoms with E-state index in [0.717, 1.165) is 0 Å². The smallest absolute Gasteiger partial charge is 0.269 e. The summed E-state index contributed by atoms with van der Waals surface area (Å²) < 4.78 is 15.7. The Balaban J connectivity index is 2.09. The number of nitro benzene ring substituents is 1. The van der Waals surface area contributed by atoms with Crippen molar-refractivity contribution >= 4 is 5.69 Å². The van der Waals surface area contributed by atoms with Crippen molar-refractivity contribution < 1.29 is 34.5 Å². The molecule has 1 aromatic carbocycles. The van der Waals surface area contributed by atoms with Crippen LogP contribution in [0.15, 0.2) is 24.3 Å². The molecule has 1 saturated heterocycles. The molecule has 0 spiro atoms. The van der Waals surface area contributed by atoms with Crippen LogP contribution in [0.2, 0.25) is 0 Å². The summed E-state index contributed by atoms with van der Waals surface area (Å²) in [4.78, 5) is 10.0. The maximum atomic E-state index is 10.6. The van der Waals surface area contributed by atoms with Gasteiger partial charge in [-0.3, -0.25) is 10.1 Å². The number of aliphatic hydroxyl groups is 3. The van der Waals surface area contributed by atoms with Crippen LogP contribution in [0.3, 0.4) is 0 Å². The van der Waals surface area contributed by atoms with Crippen molar-refractivity contribution in [2.45, 2.75) is 30.7 Å². The van der Waals surface area contributed by atoms with Crippen molar-refractivity contribution in [3.63, 3.8) is 0 Å². The lowest BCUT2D eigenvalue weighted by Crippen LogP contribution is -2.60. The van der Waals surface area contributed by atoms with Crippen molar-refractivity contribution in [2.24, 2.45) is 0 Å². The average Bonchev–Trinajstić information content (AvgIpc) is 2.52. The zero-order valence-electron chi connectivity index (χ0n) is 11.7. The molecule has 0 unspecified atom stereocenters.